The van der Waals surface area contributed by atoms with Gasteiger partial charge in [-0.3, -0.25) is 4.79 Å². The van der Waals surface area contributed by atoms with Crippen molar-refractivity contribution in [2.75, 3.05) is 26.6 Å². The average Bonchev–Trinajstić information content (AvgIpc) is 2.54. The Bertz CT molecular complexity index is 583. The fourth-order valence-electron chi connectivity index (χ4n) is 2.04. The van der Waals surface area contributed by atoms with Gasteiger partial charge in [-0.15, -0.1) is 0 Å². The van der Waals surface area contributed by atoms with Gasteiger partial charge in [-0.25, -0.2) is 4.79 Å². The summed E-state index contributed by atoms with van der Waals surface area (Å²) in [7, 11) is 4.21. The van der Waals surface area contributed by atoms with E-state index in [0.29, 0.717) is 24.1 Å². The standard InChI is InChI=1S/C15H20N2O6/c1-16-9-11-8-10(13(19)20)4-5-12(11)17-14(21)15(22-2,23-3)6-7-18/h4-5,7-8,16H,6,9H2,1-3H3,(H,17,21)(H,19,20). The zero-order chi connectivity index (χ0) is 17.5. The molecule has 0 bridgehead atoms. The van der Waals surface area contributed by atoms with Crippen molar-refractivity contribution >= 4 is 23.9 Å². The lowest BCUT2D eigenvalue weighted by Crippen LogP contribution is -2.47. The maximum atomic E-state index is 12.4. The first-order valence-electron chi connectivity index (χ1n) is 6.80. The van der Waals surface area contributed by atoms with E-state index in [0.717, 1.165) is 0 Å². The SMILES string of the molecule is CNCc1cc(C(=O)O)ccc1NC(=O)C(CC=O)(OC)OC. The van der Waals surface area contributed by atoms with Crippen LogP contribution in [0.25, 0.3) is 0 Å². The second-order valence-electron chi connectivity index (χ2n) is 4.69. The number of ether oxygens (including phenoxy) is 2. The molecule has 0 radical (unpaired) electrons. The number of anilines is 1. The molecule has 0 aliphatic rings. The first-order chi connectivity index (χ1) is 10.9. The molecule has 126 valence electrons. The Morgan fingerprint density at radius 3 is 2.43 bits per heavy atom. The monoisotopic (exact) mass is 324 g/mol. The number of rotatable bonds is 9. The molecule has 1 aromatic carbocycles. The minimum Gasteiger partial charge on any atom is -0.478 e. The molecule has 0 spiro atoms. The number of carbonyl (C=O) groups excluding carboxylic acids is 2. The van der Waals surface area contributed by atoms with Crippen molar-refractivity contribution in [1.82, 2.24) is 5.32 Å². The van der Waals surface area contributed by atoms with Crippen LogP contribution in [0, 0.1) is 0 Å². The van der Waals surface area contributed by atoms with Crippen molar-refractivity contribution in [3.63, 3.8) is 0 Å². The molecule has 23 heavy (non-hydrogen) atoms. The number of carboxylic acids is 1. The predicted molar refractivity (Wildman–Crippen MR) is 82.2 cm³/mol. The summed E-state index contributed by atoms with van der Waals surface area (Å²) < 4.78 is 10.1. The molecular weight excluding hydrogens is 304 g/mol. The summed E-state index contributed by atoms with van der Waals surface area (Å²) in [6, 6.07) is 4.30. The van der Waals surface area contributed by atoms with Gasteiger partial charge in [0.15, 0.2) is 0 Å². The lowest BCUT2D eigenvalue weighted by molar-refractivity contribution is -0.205. The maximum Gasteiger partial charge on any atom is 0.335 e. The molecule has 0 atom stereocenters. The third-order valence-electron chi connectivity index (χ3n) is 3.33. The van der Waals surface area contributed by atoms with Gasteiger partial charge < -0.3 is 30.0 Å². The summed E-state index contributed by atoms with van der Waals surface area (Å²) in [5.74, 6) is -3.45. The van der Waals surface area contributed by atoms with Crippen LogP contribution in [0.1, 0.15) is 22.3 Å². The minimum atomic E-state index is -1.73. The second-order valence-corrected chi connectivity index (χ2v) is 4.69. The number of aldehydes is 1. The number of nitrogens with one attached hydrogen (secondary N) is 2. The van der Waals surface area contributed by atoms with E-state index in [9.17, 15) is 14.4 Å². The van der Waals surface area contributed by atoms with Gasteiger partial charge in [-0.05, 0) is 30.8 Å². The van der Waals surface area contributed by atoms with Crippen molar-refractivity contribution in [1.29, 1.82) is 0 Å². The van der Waals surface area contributed by atoms with Gasteiger partial charge in [-0.2, -0.15) is 0 Å². The number of hydrogen-bond donors (Lipinski definition) is 3. The summed E-state index contributed by atoms with van der Waals surface area (Å²) in [6.45, 7) is 0.345. The molecule has 0 aromatic heterocycles. The Labute approximate surface area is 133 Å². The van der Waals surface area contributed by atoms with Crippen molar-refractivity contribution in [3.8, 4) is 0 Å². The smallest absolute Gasteiger partial charge is 0.335 e. The Morgan fingerprint density at radius 2 is 1.96 bits per heavy atom. The molecule has 0 aliphatic carbocycles. The van der Waals surface area contributed by atoms with Gasteiger partial charge >= 0.3 is 5.97 Å². The lowest BCUT2D eigenvalue weighted by Gasteiger charge is -2.27. The number of carbonyl (C=O) groups is 3. The first-order valence-corrected chi connectivity index (χ1v) is 6.80. The third kappa shape index (κ3) is 4.35. The van der Waals surface area contributed by atoms with Crippen molar-refractivity contribution < 1.29 is 29.0 Å². The second kappa shape index (κ2) is 8.37. The highest BCUT2D eigenvalue weighted by atomic mass is 16.7. The summed E-state index contributed by atoms with van der Waals surface area (Å²) in [5, 5.41) is 14.5. The summed E-state index contributed by atoms with van der Waals surface area (Å²) >= 11 is 0. The Hall–Kier alpha value is -2.29. The van der Waals surface area contributed by atoms with Crippen LogP contribution < -0.4 is 10.6 Å². The van der Waals surface area contributed by atoms with Crippen molar-refractivity contribution in [2.45, 2.75) is 18.8 Å². The number of hydrogen-bond acceptors (Lipinski definition) is 6. The summed E-state index contributed by atoms with van der Waals surface area (Å²) in [6.07, 6.45) is 0.245. The molecule has 3 N–H and O–H groups in total. The van der Waals surface area contributed by atoms with E-state index in [-0.39, 0.29) is 12.0 Å². The highest BCUT2D eigenvalue weighted by Crippen LogP contribution is 2.22. The Balaban J connectivity index is 3.13. The average molecular weight is 324 g/mol. The van der Waals surface area contributed by atoms with E-state index < -0.39 is 17.7 Å². The predicted octanol–water partition coefficient (Wildman–Crippen LogP) is 0.621. The normalized spacial score (nSPS) is 11.1. The molecule has 0 aliphatic heterocycles. The number of carboxylic acid groups (broad SMARTS) is 1. The molecular formula is C15H20N2O6. The van der Waals surface area contributed by atoms with E-state index in [2.05, 4.69) is 10.6 Å². The van der Waals surface area contributed by atoms with E-state index in [1.165, 1.54) is 32.4 Å². The molecule has 0 fully saturated rings. The van der Waals surface area contributed by atoms with Crippen LogP contribution in [-0.2, 0) is 25.6 Å². The number of benzene rings is 1. The van der Waals surface area contributed by atoms with Gasteiger partial charge in [0, 0.05) is 26.5 Å². The molecule has 1 amide bonds. The molecule has 0 saturated heterocycles. The van der Waals surface area contributed by atoms with E-state index >= 15 is 0 Å². The molecule has 1 aromatic rings. The van der Waals surface area contributed by atoms with Gasteiger partial charge in [0.1, 0.15) is 6.29 Å². The van der Waals surface area contributed by atoms with Crippen LogP contribution in [0.15, 0.2) is 18.2 Å². The fourth-order valence-corrected chi connectivity index (χ4v) is 2.04. The van der Waals surface area contributed by atoms with Gasteiger partial charge in [0.25, 0.3) is 11.7 Å². The van der Waals surface area contributed by atoms with Crippen LogP contribution in [0.2, 0.25) is 0 Å². The van der Waals surface area contributed by atoms with E-state index in [1.807, 2.05) is 0 Å². The van der Waals surface area contributed by atoms with E-state index in [1.54, 1.807) is 7.05 Å². The summed E-state index contributed by atoms with van der Waals surface area (Å²) in [5.41, 5.74) is 1.08. The van der Waals surface area contributed by atoms with Crippen molar-refractivity contribution in [2.24, 2.45) is 0 Å². The number of amides is 1. The van der Waals surface area contributed by atoms with Crippen LogP contribution in [-0.4, -0.2) is 50.3 Å². The zero-order valence-corrected chi connectivity index (χ0v) is 13.2. The summed E-state index contributed by atoms with van der Waals surface area (Å²) in [4.78, 5) is 34.2. The molecule has 8 nitrogen and oxygen atoms in total. The number of methoxy groups -OCH3 is 2. The first kappa shape index (κ1) is 18.8. The fraction of sp³-hybridized carbons (Fsp3) is 0.400. The van der Waals surface area contributed by atoms with Crippen LogP contribution in [0.5, 0.6) is 0 Å². The van der Waals surface area contributed by atoms with Crippen LogP contribution in [0.3, 0.4) is 0 Å². The van der Waals surface area contributed by atoms with Gasteiger partial charge in [-0.1, -0.05) is 0 Å². The molecule has 8 heteroatoms. The molecule has 0 heterocycles. The maximum absolute atomic E-state index is 12.4. The highest BCUT2D eigenvalue weighted by molar-refractivity contribution is 5.98. The zero-order valence-electron chi connectivity index (χ0n) is 13.2. The molecule has 0 saturated carbocycles. The Kier molecular flexibility index (Phi) is 6.83. The third-order valence-corrected chi connectivity index (χ3v) is 3.33. The van der Waals surface area contributed by atoms with E-state index in [4.69, 9.17) is 14.6 Å². The Morgan fingerprint density at radius 1 is 1.30 bits per heavy atom. The topological polar surface area (TPSA) is 114 Å². The minimum absolute atomic E-state index is 0.103. The van der Waals surface area contributed by atoms with Crippen molar-refractivity contribution in [3.05, 3.63) is 29.3 Å². The van der Waals surface area contributed by atoms with Crippen LogP contribution in [0.4, 0.5) is 5.69 Å². The lowest BCUT2D eigenvalue weighted by atomic mass is 10.1. The van der Waals surface area contributed by atoms with Gasteiger partial charge in [0.2, 0.25) is 0 Å². The number of aromatic carboxylic acids is 1. The largest absolute Gasteiger partial charge is 0.478 e. The molecule has 0 unspecified atom stereocenters. The highest BCUT2D eigenvalue weighted by Gasteiger charge is 2.39. The van der Waals surface area contributed by atoms with Gasteiger partial charge in [0.05, 0.1) is 12.0 Å². The van der Waals surface area contributed by atoms with Crippen LogP contribution >= 0.6 is 0 Å². The quantitative estimate of drug-likeness (QED) is 0.450. The molecule has 1 rings (SSSR count).